The van der Waals surface area contributed by atoms with Crippen molar-refractivity contribution >= 4 is 30.6 Å². The second-order valence-corrected chi connectivity index (χ2v) is 26.5. The van der Waals surface area contributed by atoms with Crippen LogP contribution in [0.25, 0.3) is 0 Å². The fraction of sp³-hybridized carbons (Fsp3) is 0.849. The SMILES string of the molecule is CCCCCCCCCCCCCC(=O)O[C@@H]1[C@H](NC(=O)c2ccc(OCCCCCCCCCC)c(OCCCCCCCCCC)c2)[C@@H](O)O[C@H](CO[Si](C)(C)C(C)(C)C)[C@H]1OS(=O)(=O)O. The van der Waals surface area contributed by atoms with Gasteiger partial charge in [0, 0.05) is 12.0 Å². The molecule has 1 aromatic carbocycles. The number of carbonyl (C=O) groups excluding carboxylic acids is 2. The minimum atomic E-state index is -5.16. The molecule has 13 nitrogen and oxygen atoms in total. The Balaban J connectivity index is 2.30. The highest BCUT2D eigenvalue weighted by molar-refractivity contribution is 7.80. The zero-order valence-electron chi connectivity index (χ0n) is 43.9. The Bertz CT molecular complexity index is 1610. The van der Waals surface area contributed by atoms with Crippen LogP contribution in [0.15, 0.2) is 18.2 Å². The van der Waals surface area contributed by atoms with E-state index in [4.69, 9.17) is 27.6 Å². The number of hydrogen-bond donors (Lipinski definition) is 3. The summed E-state index contributed by atoms with van der Waals surface area (Å²) in [5.41, 5.74) is 0.171. The van der Waals surface area contributed by atoms with Crippen molar-refractivity contribution in [2.75, 3.05) is 19.8 Å². The zero-order chi connectivity index (χ0) is 50.3. The first-order chi connectivity index (χ1) is 32.4. The number of carbonyl (C=O) groups is 2. The third-order valence-corrected chi connectivity index (χ3v) is 18.5. The van der Waals surface area contributed by atoms with Crippen LogP contribution in [0.4, 0.5) is 0 Å². The summed E-state index contributed by atoms with van der Waals surface area (Å²) >= 11 is 0. The van der Waals surface area contributed by atoms with Crippen LogP contribution < -0.4 is 14.8 Å². The Morgan fingerprint density at radius 3 is 1.56 bits per heavy atom. The van der Waals surface area contributed by atoms with Gasteiger partial charge in [-0.2, -0.15) is 8.42 Å². The van der Waals surface area contributed by atoms with Gasteiger partial charge in [0.15, 0.2) is 32.2 Å². The molecule has 15 heteroatoms. The van der Waals surface area contributed by atoms with Crippen molar-refractivity contribution in [3.05, 3.63) is 23.8 Å². The van der Waals surface area contributed by atoms with Crippen LogP contribution in [0.5, 0.6) is 11.5 Å². The Morgan fingerprint density at radius 1 is 0.662 bits per heavy atom. The number of unbranched alkanes of at least 4 members (excludes halogenated alkanes) is 24. The number of ether oxygens (including phenoxy) is 4. The van der Waals surface area contributed by atoms with Crippen molar-refractivity contribution in [2.45, 2.75) is 270 Å². The minimum absolute atomic E-state index is 0.0227. The van der Waals surface area contributed by atoms with E-state index in [9.17, 15) is 27.7 Å². The number of benzene rings is 1. The Kier molecular flexibility index (Phi) is 31.8. The van der Waals surface area contributed by atoms with Gasteiger partial charge in [0.05, 0.1) is 19.8 Å². The van der Waals surface area contributed by atoms with E-state index in [1.807, 2.05) is 33.9 Å². The van der Waals surface area contributed by atoms with E-state index in [-0.39, 0.29) is 23.6 Å². The molecule has 3 N–H and O–H groups in total. The Hall–Kier alpha value is -2.27. The van der Waals surface area contributed by atoms with Crippen LogP contribution >= 0.6 is 0 Å². The third kappa shape index (κ3) is 26.3. The van der Waals surface area contributed by atoms with Crippen molar-refractivity contribution in [1.29, 1.82) is 0 Å². The molecular formula is C53H97NO12SSi. The molecule has 1 aliphatic heterocycles. The lowest BCUT2D eigenvalue weighted by molar-refractivity contribution is -0.252. The number of amides is 1. The molecule has 0 spiro atoms. The van der Waals surface area contributed by atoms with Crippen LogP contribution in [0.2, 0.25) is 18.1 Å². The third-order valence-electron chi connectivity index (χ3n) is 13.6. The predicted octanol–water partition coefficient (Wildman–Crippen LogP) is 13.4. The van der Waals surface area contributed by atoms with Gasteiger partial charge in [-0.3, -0.25) is 14.1 Å². The lowest BCUT2D eigenvalue weighted by atomic mass is 9.96. The second kappa shape index (κ2) is 34.9. The molecule has 1 aliphatic rings. The normalized spacial score (nSPS) is 18.9. The molecule has 0 unspecified atom stereocenters. The predicted molar refractivity (Wildman–Crippen MR) is 275 cm³/mol. The van der Waals surface area contributed by atoms with Gasteiger partial charge >= 0.3 is 16.4 Å². The summed E-state index contributed by atoms with van der Waals surface area (Å²) in [6, 6.07) is 3.38. The monoisotopic (exact) mass is 1000 g/mol. The summed E-state index contributed by atoms with van der Waals surface area (Å²) in [5.74, 6) is -0.407. The summed E-state index contributed by atoms with van der Waals surface area (Å²) in [6.07, 6.45) is 24.2. The maximum absolute atomic E-state index is 14.2. The quantitative estimate of drug-likeness (QED) is 0.0246. The molecular weight excluding hydrogens is 903 g/mol. The standard InChI is InChI=1S/C53H97NO12SSi/c1-9-12-15-18-21-24-25-26-27-30-33-36-47(55)65-50-48(52(57)64-46(49(50)66-67(58,59)60)42-63-68(7,8)53(4,5)6)54-51(56)43-37-38-44(61-39-34-31-28-22-19-16-13-10-2)45(41-43)62-40-35-32-29-23-20-17-14-11-3/h37-38,41,46,48-50,52,57H,9-36,39-40,42H2,1-8H3,(H,54,56)(H,58,59,60)/t46-,48+,49-,50-,52+/m1/s1. The van der Waals surface area contributed by atoms with Crippen LogP contribution in [-0.4, -0.2) is 88.7 Å². The highest BCUT2D eigenvalue weighted by Gasteiger charge is 2.52. The Labute approximate surface area is 414 Å². The molecule has 0 aliphatic carbocycles. The van der Waals surface area contributed by atoms with Crippen molar-refractivity contribution in [3.8, 4) is 11.5 Å². The Morgan fingerprint density at radius 2 is 1.10 bits per heavy atom. The highest BCUT2D eigenvalue weighted by atomic mass is 32.3. The van der Waals surface area contributed by atoms with E-state index in [0.717, 1.165) is 64.2 Å². The smallest absolute Gasteiger partial charge is 0.397 e. The van der Waals surface area contributed by atoms with E-state index in [2.05, 4.69) is 26.1 Å². The van der Waals surface area contributed by atoms with Gasteiger partial charge in [-0.1, -0.05) is 196 Å². The summed E-state index contributed by atoms with van der Waals surface area (Å²) in [5, 5.41) is 14.1. The molecule has 0 radical (unpaired) electrons. The number of rotatable bonds is 40. The van der Waals surface area contributed by atoms with Crippen molar-refractivity contribution < 1.29 is 55.2 Å². The number of nitrogens with one attached hydrogen (secondary N) is 1. The van der Waals surface area contributed by atoms with E-state index in [0.29, 0.717) is 31.1 Å². The van der Waals surface area contributed by atoms with E-state index in [1.165, 1.54) is 103 Å². The molecule has 1 aromatic rings. The summed E-state index contributed by atoms with van der Waals surface area (Å²) in [7, 11) is -7.62. The fourth-order valence-electron chi connectivity index (χ4n) is 8.21. The molecule has 396 valence electrons. The lowest BCUT2D eigenvalue weighted by Crippen LogP contribution is -2.66. The topological polar surface area (TPSA) is 176 Å². The molecule has 0 bridgehead atoms. The number of hydrogen-bond acceptors (Lipinski definition) is 11. The first kappa shape index (κ1) is 61.8. The molecule has 5 atom stereocenters. The van der Waals surface area contributed by atoms with Gasteiger partial charge in [-0.25, -0.2) is 4.18 Å². The van der Waals surface area contributed by atoms with Crippen molar-refractivity contribution in [1.82, 2.24) is 5.32 Å². The second-order valence-electron chi connectivity index (χ2n) is 20.7. The lowest BCUT2D eigenvalue weighted by Gasteiger charge is -2.45. The number of aliphatic hydroxyl groups is 1. The van der Waals surface area contributed by atoms with E-state index < -0.39 is 61.2 Å². The van der Waals surface area contributed by atoms with Crippen LogP contribution in [0, 0.1) is 0 Å². The maximum atomic E-state index is 14.2. The van der Waals surface area contributed by atoms with E-state index in [1.54, 1.807) is 18.2 Å². The van der Waals surface area contributed by atoms with Gasteiger partial charge in [0.1, 0.15) is 18.2 Å². The zero-order valence-corrected chi connectivity index (χ0v) is 45.7. The maximum Gasteiger partial charge on any atom is 0.397 e. The number of aliphatic hydroxyl groups excluding tert-OH is 1. The van der Waals surface area contributed by atoms with Gasteiger partial charge in [0.2, 0.25) is 0 Å². The molecule has 1 heterocycles. The first-order valence-electron chi connectivity index (χ1n) is 27.0. The highest BCUT2D eigenvalue weighted by Crippen LogP contribution is 2.38. The average Bonchev–Trinajstić information content (AvgIpc) is 3.28. The molecule has 2 rings (SSSR count). The summed E-state index contributed by atoms with van der Waals surface area (Å²) < 4.78 is 70.9. The molecule has 1 saturated heterocycles. The summed E-state index contributed by atoms with van der Waals surface area (Å²) in [4.78, 5) is 27.8. The molecule has 0 saturated carbocycles. The fourth-order valence-corrected chi connectivity index (χ4v) is 9.74. The molecule has 1 fully saturated rings. The summed E-state index contributed by atoms with van der Waals surface area (Å²) in [6.45, 7) is 17.5. The van der Waals surface area contributed by atoms with Crippen LogP contribution in [0.3, 0.4) is 0 Å². The van der Waals surface area contributed by atoms with Gasteiger partial charge in [-0.15, -0.1) is 0 Å². The molecule has 0 aromatic heterocycles. The first-order valence-corrected chi connectivity index (χ1v) is 31.2. The van der Waals surface area contributed by atoms with Crippen LogP contribution in [-0.2, 0) is 33.3 Å². The van der Waals surface area contributed by atoms with Crippen molar-refractivity contribution in [2.24, 2.45) is 0 Å². The largest absolute Gasteiger partial charge is 0.490 e. The molecule has 1 amide bonds. The van der Waals surface area contributed by atoms with Gasteiger partial charge in [0.25, 0.3) is 5.91 Å². The molecule has 68 heavy (non-hydrogen) atoms. The number of esters is 1. The van der Waals surface area contributed by atoms with E-state index >= 15 is 0 Å². The van der Waals surface area contributed by atoms with Crippen molar-refractivity contribution in [3.63, 3.8) is 0 Å². The minimum Gasteiger partial charge on any atom is -0.490 e. The van der Waals surface area contributed by atoms with Gasteiger partial charge < -0.3 is 33.8 Å². The average molecular weight is 1000 g/mol. The van der Waals surface area contributed by atoms with Gasteiger partial charge in [-0.05, 0) is 55.6 Å². The van der Waals surface area contributed by atoms with Crippen LogP contribution in [0.1, 0.15) is 232 Å².